The van der Waals surface area contributed by atoms with Crippen molar-refractivity contribution in [2.75, 3.05) is 12.8 Å². The molecule has 4 rings (SSSR count). The second kappa shape index (κ2) is 4.56. The number of rotatable bonds is 2. The van der Waals surface area contributed by atoms with Gasteiger partial charge in [0.15, 0.2) is 5.82 Å². The van der Waals surface area contributed by atoms with Gasteiger partial charge in [-0.25, -0.2) is 0 Å². The minimum absolute atomic E-state index is 0.433. The third kappa shape index (κ3) is 1.86. The normalized spacial score (nSPS) is 29.9. The third-order valence-corrected chi connectivity index (χ3v) is 5.71. The lowest BCUT2D eigenvalue weighted by Crippen LogP contribution is -2.39. The molecular formula is C14H18N4OS. The van der Waals surface area contributed by atoms with Gasteiger partial charge in [-0.3, -0.25) is 0 Å². The van der Waals surface area contributed by atoms with Crippen LogP contribution in [0.15, 0.2) is 16.0 Å². The molecular weight excluding hydrogens is 272 g/mol. The number of hydrogen-bond donors (Lipinski definition) is 1. The topological polar surface area (TPSA) is 68.2 Å². The standard InChI is InChI=1S/C14H18N4OS/c1-18-9-2-3-10(18)7-8(6-9)13-16-14(19-17-13)12-11(15)4-5-20-12/h4-5,8-10H,2-3,6-7,15H2,1H3. The van der Waals surface area contributed by atoms with Gasteiger partial charge in [-0.1, -0.05) is 5.16 Å². The smallest absolute Gasteiger partial charge is 0.270 e. The molecule has 2 atom stereocenters. The van der Waals surface area contributed by atoms with Gasteiger partial charge < -0.3 is 15.2 Å². The number of nitrogens with two attached hydrogens (primary N) is 1. The van der Waals surface area contributed by atoms with Crippen LogP contribution in [0.5, 0.6) is 0 Å². The number of nitrogens with zero attached hydrogens (tertiary/aromatic N) is 3. The Labute approximate surface area is 121 Å². The maximum absolute atomic E-state index is 5.91. The van der Waals surface area contributed by atoms with E-state index in [0.717, 1.165) is 23.5 Å². The molecule has 106 valence electrons. The van der Waals surface area contributed by atoms with E-state index in [4.69, 9.17) is 10.3 Å². The Hall–Kier alpha value is -1.40. The first-order valence-electron chi connectivity index (χ1n) is 7.11. The van der Waals surface area contributed by atoms with Crippen molar-refractivity contribution in [1.82, 2.24) is 15.0 Å². The van der Waals surface area contributed by atoms with Crippen LogP contribution in [-0.4, -0.2) is 34.2 Å². The maximum Gasteiger partial charge on any atom is 0.270 e. The fraction of sp³-hybridized carbons (Fsp3) is 0.571. The molecule has 2 bridgehead atoms. The van der Waals surface area contributed by atoms with Crippen molar-refractivity contribution in [3.8, 4) is 10.8 Å². The fourth-order valence-electron chi connectivity index (χ4n) is 3.61. The summed E-state index contributed by atoms with van der Waals surface area (Å²) in [7, 11) is 2.24. The number of thiophene rings is 1. The number of hydrogen-bond acceptors (Lipinski definition) is 6. The molecule has 0 aromatic carbocycles. The van der Waals surface area contributed by atoms with Crippen molar-refractivity contribution in [3.63, 3.8) is 0 Å². The molecule has 0 saturated carbocycles. The van der Waals surface area contributed by atoms with E-state index in [-0.39, 0.29) is 0 Å². The van der Waals surface area contributed by atoms with E-state index < -0.39 is 0 Å². The summed E-state index contributed by atoms with van der Waals surface area (Å²) in [5.74, 6) is 1.86. The van der Waals surface area contributed by atoms with Crippen LogP contribution < -0.4 is 5.73 Å². The van der Waals surface area contributed by atoms with Crippen LogP contribution in [0.1, 0.15) is 37.4 Å². The van der Waals surface area contributed by atoms with Crippen molar-refractivity contribution in [1.29, 1.82) is 0 Å². The molecule has 2 saturated heterocycles. The highest BCUT2D eigenvalue weighted by Gasteiger charge is 2.40. The largest absolute Gasteiger partial charge is 0.397 e. The van der Waals surface area contributed by atoms with Crippen molar-refractivity contribution < 1.29 is 4.52 Å². The molecule has 2 N–H and O–H groups in total. The second-order valence-corrected chi connectivity index (χ2v) is 6.80. The summed E-state index contributed by atoms with van der Waals surface area (Å²) in [6.45, 7) is 0. The van der Waals surface area contributed by atoms with Crippen molar-refractivity contribution in [2.24, 2.45) is 0 Å². The van der Waals surface area contributed by atoms with Gasteiger partial charge in [0.1, 0.15) is 4.88 Å². The van der Waals surface area contributed by atoms with Crippen LogP contribution >= 0.6 is 11.3 Å². The Balaban J connectivity index is 1.59. The summed E-state index contributed by atoms with van der Waals surface area (Å²) in [6, 6.07) is 3.25. The first-order valence-corrected chi connectivity index (χ1v) is 7.99. The molecule has 2 unspecified atom stereocenters. The first kappa shape index (κ1) is 12.3. The zero-order chi connectivity index (χ0) is 13.7. The van der Waals surface area contributed by atoms with E-state index in [9.17, 15) is 0 Å². The van der Waals surface area contributed by atoms with Gasteiger partial charge in [-0.15, -0.1) is 11.3 Å². The Kier molecular flexibility index (Phi) is 2.82. The zero-order valence-electron chi connectivity index (χ0n) is 11.5. The van der Waals surface area contributed by atoms with Crippen LogP contribution in [-0.2, 0) is 0 Å². The summed E-state index contributed by atoms with van der Waals surface area (Å²) < 4.78 is 5.42. The monoisotopic (exact) mass is 290 g/mol. The number of aromatic nitrogens is 2. The van der Waals surface area contributed by atoms with Crippen LogP contribution in [0.3, 0.4) is 0 Å². The van der Waals surface area contributed by atoms with Crippen molar-refractivity contribution in [3.05, 3.63) is 17.3 Å². The van der Waals surface area contributed by atoms with Crippen LogP contribution in [0.2, 0.25) is 0 Å². The minimum atomic E-state index is 0.433. The minimum Gasteiger partial charge on any atom is -0.397 e. The molecule has 2 fully saturated rings. The average molecular weight is 290 g/mol. The highest BCUT2D eigenvalue weighted by atomic mass is 32.1. The Bertz CT molecular complexity index is 608. The molecule has 0 radical (unpaired) electrons. The van der Waals surface area contributed by atoms with Crippen molar-refractivity contribution >= 4 is 17.0 Å². The number of fused-ring (bicyclic) bond motifs is 2. The lowest BCUT2D eigenvalue weighted by Gasteiger charge is -2.34. The number of anilines is 1. The summed E-state index contributed by atoms with van der Waals surface area (Å²) in [5, 5.41) is 6.15. The molecule has 2 aliphatic heterocycles. The Morgan fingerprint density at radius 3 is 2.75 bits per heavy atom. The summed E-state index contributed by atoms with van der Waals surface area (Å²) in [5.41, 5.74) is 6.62. The highest BCUT2D eigenvalue weighted by molar-refractivity contribution is 7.14. The van der Waals surface area contributed by atoms with E-state index in [1.54, 1.807) is 11.3 Å². The average Bonchev–Trinajstić information content (AvgIpc) is 3.10. The number of piperidine rings is 1. The van der Waals surface area contributed by atoms with E-state index in [0.29, 0.717) is 29.6 Å². The van der Waals surface area contributed by atoms with Gasteiger partial charge in [-0.05, 0) is 44.2 Å². The fourth-order valence-corrected chi connectivity index (χ4v) is 4.35. The third-order valence-electron chi connectivity index (χ3n) is 4.80. The lowest BCUT2D eigenvalue weighted by atomic mass is 9.90. The molecule has 0 spiro atoms. The molecule has 2 aromatic rings. The molecule has 2 aromatic heterocycles. The van der Waals surface area contributed by atoms with E-state index in [2.05, 4.69) is 22.1 Å². The first-order chi connectivity index (χ1) is 9.72. The molecule has 20 heavy (non-hydrogen) atoms. The lowest BCUT2D eigenvalue weighted by molar-refractivity contribution is 0.157. The quantitative estimate of drug-likeness (QED) is 0.921. The van der Waals surface area contributed by atoms with Crippen molar-refractivity contribution in [2.45, 2.75) is 43.7 Å². The molecule has 2 aliphatic rings. The van der Waals surface area contributed by atoms with Crippen LogP contribution in [0.4, 0.5) is 5.69 Å². The summed E-state index contributed by atoms with van der Waals surface area (Å²) in [4.78, 5) is 8.00. The summed E-state index contributed by atoms with van der Waals surface area (Å²) in [6.07, 6.45) is 4.90. The number of nitrogen functional groups attached to an aromatic ring is 1. The molecule has 4 heterocycles. The summed E-state index contributed by atoms with van der Waals surface area (Å²) >= 11 is 1.55. The maximum atomic E-state index is 5.91. The molecule has 0 amide bonds. The van der Waals surface area contributed by atoms with Gasteiger partial charge in [0.2, 0.25) is 0 Å². The van der Waals surface area contributed by atoms with Gasteiger partial charge in [0, 0.05) is 18.0 Å². The molecule has 6 heteroatoms. The zero-order valence-corrected chi connectivity index (χ0v) is 12.3. The SMILES string of the molecule is CN1C2CCC1CC(c1noc(-c3sccc3N)n1)C2. The predicted octanol–water partition coefficient (Wildman–Crippen LogP) is 2.72. The van der Waals surface area contributed by atoms with Crippen LogP contribution in [0.25, 0.3) is 10.8 Å². The predicted molar refractivity (Wildman–Crippen MR) is 78.6 cm³/mol. The molecule has 5 nitrogen and oxygen atoms in total. The van der Waals surface area contributed by atoms with Gasteiger partial charge >= 0.3 is 0 Å². The van der Waals surface area contributed by atoms with Crippen LogP contribution in [0, 0.1) is 0 Å². The second-order valence-electron chi connectivity index (χ2n) is 5.88. The van der Waals surface area contributed by atoms with E-state index >= 15 is 0 Å². The van der Waals surface area contributed by atoms with E-state index in [1.807, 2.05) is 11.4 Å². The van der Waals surface area contributed by atoms with Gasteiger partial charge in [0.25, 0.3) is 5.89 Å². The Morgan fingerprint density at radius 2 is 2.10 bits per heavy atom. The molecule has 0 aliphatic carbocycles. The van der Waals surface area contributed by atoms with E-state index in [1.165, 1.54) is 12.8 Å². The van der Waals surface area contributed by atoms with Gasteiger partial charge in [0.05, 0.1) is 5.69 Å². The highest BCUT2D eigenvalue weighted by Crippen LogP contribution is 2.42. The van der Waals surface area contributed by atoms with Gasteiger partial charge in [-0.2, -0.15) is 4.98 Å². The Morgan fingerprint density at radius 1 is 1.35 bits per heavy atom.